The van der Waals surface area contributed by atoms with Crippen molar-refractivity contribution >= 4 is 46.7 Å². The Kier molecular flexibility index (Phi) is 8.68. The number of benzene rings is 1. The normalized spacial score (nSPS) is 16.7. The van der Waals surface area contributed by atoms with E-state index in [-0.39, 0.29) is 35.9 Å². The molecule has 1 unspecified atom stereocenters. The van der Waals surface area contributed by atoms with Crippen LogP contribution in [-0.4, -0.2) is 55.3 Å². The fourth-order valence-electron chi connectivity index (χ4n) is 3.81. The minimum absolute atomic E-state index is 0. The lowest BCUT2D eigenvalue weighted by molar-refractivity contribution is 0.0529. The number of aliphatic imine (C=N–C) groups is 1. The molecule has 1 atom stereocenters. The summed E-state index contributed by atoms with van der Waals surface area (Å²) in [6.45, 7) is 5.88. The third-order valence-corrected chi connectivity index (χ3v) is 5.47. The van der Waals surface area contributed by atoms with Gasteiger partial charge in [0.05, 0.1) is 12.7 Å². The molecule has 7 nitrogen and oxygen atoms in total. The summed E-state index contributed by atoms with van der Waals surface area (Å²) in [5.74, 6) is 1.48. The van der Waals surface area contributed by atoms with Crippen LogP contribution in [0.25, 0.3) is 10.9 Å². The Labute approximate surface area is 204 Å². The van der Waals surface area contributed by atoms with Crippen LogP contribution < -0.4 is 15.5 Å². The highest BCUT2D eigenvalue weighted by molar-refractivity contribution is 14.0. The molecule has 4 rings (SSSR count). The predicted octanol–water partition coefficient (Wildman–Crippen LogP) is 3.45. The second-order valence-corrected chi connectivity index (χ2v) is 7.76. The monoisotopic (exact) mass is 552 g/mol. The van der Waals surface area contributed by atoms with Crippen molar-refractivity contribution in [1.29, 1.82) is 0 Å². The van der Waals surface area contributed by atoms with Crippen LogP contribution in [0.5, 0.6) is 0 Å². The van der Waals surface area contributed by atoms with E-state index in [0.717, 1.165) is 59.9 Å². The number of aromatic nitrogens is 2. The van der Waals surface area contributed by atoms with Gasteiger partial charge in [0.15, 0.2) is 5.96 Å². The van der Waals surface area contributed by atoms with E-state index in [1.165, 1.54) is 6.07 Å². The van der Waals surface area contributed by atoms with E-state index < -0.39 is 0 Å². The first-order chi connectivity index (χ1) is 15.1. The van der Waals surface area contributed by atoms with Gasteiger partial charge in [-0.25, -0.2) is 9.37 Å². The Morgan fingerprint density at radius 2 is 2.19 bits per heavy atom. The van der Waals surface area contributed by atoms with Crippen LogP contribution >= 0.6 is 24.0 Å². The van der Waals surface area contributed by atoms with Crippen LogP contribution in [0.2, 0.25) is 0 Å². The zero-order valence-corrected chi connectivity index (χ0v) is 20.7. The average Bonchev–Trinajstić information content (AvgIpc) is 3.18. The average molecular weight is 552 g/mol. The van der Waals surface area contributed by atoms with Crippen molar-refractivity contribution < 1.29 is 9.13 Å². The number of rotatable bonds is 6. The van der Waals surface area contributed by atoms with E-state index in [2.05, 4.69) is 49.6 Å². The Morgan fingerprint density at radius 1 is 1.31 bits per heavy atom. The van der Waals surface area contributed by atoms with Crippen LogP contribution in [0.3, 0.4) is 0 Å². The highest BCUT2D eigenvalue weighted by atomic mass is 127. The molecular weight excluding hydrogens is 522 g/mol. The molecule has 9 heteroatoms. The number of aromatic amines is 1. The van der Waals surface area contributed by atoms with Crippen molar-refractivity contribution in [2.75, 3.05) is 38.2 Å². The first kappa shape index (κ1) is 24.2. The quantitative estimate of drug-likeness (QED) is 0.248. The third-order valence-electron chi connectivity index (χ3n) is 5.47. The van der Waals surface area contributed by atoms with Gasteiger partial charge in [0, 0.05) is 56.5 Å². The lowest BCUT2D eigenvalue weighted by Gasteiger charge is -2.32. The van der Waals surface area contributed by atoms with E-state index in [4.69, 9.17) is 4.74 Å². The van der Waals surface area contributed by atoms with Gasteiger partial charge in [-0.15, -0.1) is 24.0 Å². The number of nitrogens with zero attached hydrogens (tertiary/aromatic N) is 3. The maximum Gasteiger partial charge on any atom is 0.191 e. The zero-order valence-electron chi connectivity index (χ0n) is 18.4. The summed E-state index contributed by atoms with van der Waals surface area (Å²) in [4.78, 5) is 14.3. The molecule has 0 spiro atoms. The molecule has 32 heavy (non-hydrogen) atoms. The molecule has 3 N–H and O–H groups in total. The van der Waals surface area contributed by atoms with Gasteiger partial charge in [0.2, 0.25) is 0 Å². The molecule has 0 aliphatic carbocycles. The molecule has 0 bridgehead atoms. The number of halogens is 2. The summed E-state index contributed by atoms with van der Waals surface area (Å²) in [5, 5.41) is 7.55. The summed E-state index contributed by atoms with van der Waals surface area (Å²) in [6.07, 6.45) is 4.83. The highest BCUT2D eigenvalue weighted by Gasteiger charge is 2.17. The van der Waals surface area contributed by atoms with Crippen LogP contribution in [-0.2, 0) is 17.7 Å². The molecule has 0 radical (unpaired) electrons. The van der Waals surface area contributed by atoms with Crippen molar-refractivity contribution in [1.82, 2.24) is 20.6 Å². The molecule has 1 aliphatic rings. The van der Waals surface area contributed by atoms with Crippen molar-refractivity contribution in [2.24, 2.45) is 4.99 Å². The number of hydrogen-bond donors (Lipinski definition) is 3. The maximum atomic E-state index is 13.5. The third kappa shape index (κ3) is 6.10. The molecule has 0 amide bonds. The molecule has 1 saturated heterocycles. The first-order valence-corrected chi connectivity index (χ1v) is 10.6. The molecule has 2 aromatic heterocycles. The lowest BCUT2D eigenvalue weighted by atomic mass is 10.1. The Morgan fingerprint density at radius 3 is 2.94 bits per heavy atom. The maximum absolute atomic E-state index is 13.5. The van der Waals surface area contributed by atoms with Gasteiger partial charge in [-0.05, 0) is 48.7 Å². The predicted molar refractivity (Wildman–Crippen MR) is 137 cm³/mol. The number of hydrogen-bond acceptors (Lipinski definition) is 4. The molecular formula is C23H30FIN6O. The number of ether oxygens (including phenoxy) is 1. The molecule has 1 aromatic carbocycles. The molecule has 3 heterocycles. The minimum Gasteiger partial charge on any atom is -0.375 e. The van der Waals surface area contributed by atoms with E-state index in [1.807, 2.05) is 12.4 Å². The van der Waals surface area contributed by atoms with Gasteiger partial charge in [0.1, 0.15) is 11.6 Å². The van der Waals surface area contributed by atoms with Gasteiger partial charge in [-0.2, -0.15) is 0 Å². The van der Waals surface area contributed by atoms with Crippen molar-refractivity contribution in [2.45, 2.75) is 26.0 Å². The number of pyridine rings is 1. The fraction of sp³-hybridized carbons (Fsp3) is 0.391. The summed E-state index contributed by atoms with van der Waals surface area (Å²) in [5.41, 5.74) is 3.11. The topological polar surface area (TPSA) is 77.6 Å². The summed E-state index contributed by atoms with van der Waals surface area (Å²) in [6, 6.07) is 8.95. The number of morpholine rings is 1. The second-order valence-electron chi connectivity index (χ2n) is 7.76. The van der Waals surface area contributed by atoms with E-state index >= 15 is 0 Å². The van der Waals surface area contributed by atoms with Gasteiger partial charge in [0.25, 0.3) is 0 Å². The van der Waals surface area contributed by atoms with Crippen LogP contribution in [0.15, 0.2) is 47.7 Å². The molecule has 172 valence electrons. The van der Waals surface area contributed by atoms with E-state index in [9.17, 15) is 4.39 Å². The summed E-state index contributed by atoms with van der Waals surface area (Å²) < 4.78 is 19.1. The number of guanidine groups is 1. The van der Waals surface area contributed by atoms with Crippen LogP contribution in [0.4, 0.5) is 10.2 Å². The first-order valence-electron chi connectivity index (χ1n) is 10.6. The smallest absolute Gasteiger partial charge is 0.191 e. The van der Waals surface area contributed by atoms with Crippen molar-refractivity contribution in [3.63, 3.8) is 0 Å². The number of anilines is 1. The Bertz CT molecular complexity index is 1040. The van der Waals surface area contributed by atoms with Gasteiger partial charge in [-0.3, -0.25) is 4.99 Å². The minimum atomic E-state index is -0.221. The van der Waals surface area contributed by atoms with Crippen LogP contribution in [0, 0.1) is 5.82 Å². The molecule has 1 fully saturated rings. The van der Waals surface area contributed by atoms with Crippen molar-refractivity contribution in [3.8, 4) is 0 Å². The molecule has 1 aliphatic heterocycles. The van der Waals surface area contributed by atoms with Crippen molar-refractivity contribution in [3.05, 3.63) is 59.7 Å². The summed E-state index contributed by atoms with van der Waals surface area (Å²) in [7, 11) is 1.75. The van der Waals surface area contributed by atoms with Gasteiger partial charge < -0.3 is 25.3 Å². The largest absolute Gasteiger partial charge is 0.375 e. The lowest BCUT2D eigenvalue weighted by Crippen LogP contribution is -2.41. The summed E-state index contributed by atoms with van der Waals surface area (Å²) >= 11 is 0. The number of fused-ring (bicyclic) bond motifs is 1. The van der Waals surface area contributed by atoms with Gasteiger partial charge in [-0.1, -0.05) is 6.07 Å². The second kappa shape index (κ2) is 11.5. The highest BCUT2D eigenvalue weighted by Crippen LogP contribution is 2.19. The molecule has 3 aromatic rings. The standard InChI is InChI=1S/C23H29FN6O.HI/c1-16-15-30(9-10-31-16)22-6-3-17(12-28-22)13-29-23(25-2)26-8-7-18-14-27-21-5-4-19(24)11-20(18)21;/h3-6,11-12,14,16,27H,7-10,13,15H2,1-2H3,(H2,25,26,29);1H. The van der Waals surface area contributed by atoms with Crippen LogP contribution in [0.1, 0.15) is 18.1 Å². The Balaban J connectivity index is 0.00000289. The zero-order chi connectivity index (χ0) is 21.6. The number of H-pyrrole nitrogens is 1. The number of nitrogens with one attached hydrogen (secondary N) is 3. The SMILES string of the molecule is CN=C(NCCc1c[nH]c2ccc(F)cc12)NCc1ccc(N2CCOC(C)C2)nc1.I. The van der Waals surface area contributed by atoms with E-state index in [1.54, 1.807) is 19.2 Å². The van der Waals surface area contributed by atoms with E-state index in [0.29, 0.717) is 13.1 Å². The Hall–Kier alpha value is -2.40. The van der Waals surface area contributed by atoms with Gasteiger partial charge >= 0.3 is 0 Å². The fourth-order valence-corrected chi connectivity index (χ4v) is 3.81. The molecule has 0 saturated carbocycles.